The lowest BCUT2D eigenvalue weighted by Crippen LogP contribution is -2.31. The highest BCUT2D eigenvalue weighted by Crippen LogP contribution is 2.32. The monoisotopic (exact) mass is 269 g/mol. The Morgan fingerprint density at radius 2 is 1.35 bits per heavy atom. The molecule has 20 heavy (non-hydrogen) atoms. The van der Waals surface area contributed by atoms with E-state index in [1.165, 1.54) is 4.90 Å². The molecular formula is C17H19NO2. The molecule has 0 aliphatic heterocycles. The fourth-order valence-corrected chi connectivity index (χ4v) is 2.24. The summed E-state index contributed by atoms with van der Waals surface area (Å²) in [4.78, 5) is 13.9. The Hall–Kier alpha value is -2.13. The van der Waals surface area contributed by atoms with Crippen molar-refractivity contribution >= 4 is 5.91 Å². The largest absolute Gasteiger partial charge is 0.387 e. The van der Waals surface area contributed by atoms with Gasteiger partial charge >= 0.3 is 0 Å². The molecule has 0 aliphatic carbocycles. The third-order valence-electron chi connectivity index (χ3n) is 3.32. The van der Waals surface area contributed by atoms with Gasteiger partial charge in [0.2, 0.25) is 5.91 Å². The summed E-state index contributed by atoms with van der Waals surface area (Å²) in [5.41, 5.74) is 1.57. The van der Waals surface area contributed by atoms with Gasteiger partial charge in [-0.05, 0) is 11.1 Å². The van der Waals surface area contributed by atoms with Gasteiger partial charge in [0.25, 0.3) is 0 Å². The number of benzene rings is 2. The molecule has 2 rings (SSSR count). The van der Waals surface area contributed by atoms with Crippen LogP contribution in [0.2, 0.25) is 0 Å². The highest BCUT2D eigenvalue weighted by molar-refractivity contribution is 5.84. The number of nitrogens with zero attached hydrogens (tertiary/aromatic N) is 1. The second kappa shape index (κ2) is 6.35. The van der Waals surface area contributed by atoms with Crippen molar-refractivity contribution in [2.75, 3.05) is 14.1 Å². The number of likely N-dealkylation sites (N-methyl/N-ethyl adjacent to an activating group) is 1. The predicted molar refractivity (Wildman–Crippen MR) is 79.3 cm³/mol. The Kier molecular flexibility index (Phi) is 4.53. The minimum atomic E-state index is -0.853. The first kappa shape index (κ1) is 14.3. The molecule has 0 fully saturated rings. The van der Waals surface area contributed by atoms with E-state index in [1.54, 1.807) is 14.1 Å². The van der Waals surface area contributed by atoms with Crippen LogP contribution >= 0.6 is 0 Å². The van der Waals surface area contributed by atoms with Gasteiger partial charge in [-0.15, -0.1) is 0 Å². The zero-order valence-corrected chi connectivity index (χ0v) is 11.7. The van der Waals surface area contributed by atoms with Crippen LogP contribution in [0.3, 0.4) is 0 Å². The summed E-state index contributed by atoms with van der Waals surface area (Å²) >= 11 is 0. The second-order valence-corrected chi connectivity index (χ2v) is 4.98. The molecule has 0 spiro atoms. The maximum absolute atomic E-state index is 12.4. The zero-order valence-electron chi connectivity index (χ0n) is 11.7. The van der Waals surface area contributed by atoms with Crippen molar-refractivity contribution in [3.8, 4) is 0 Å². The van der Waals surface area contributed by atoms with E-state index in [1.807, 2.05) is 60.7 Å². The van der Waals surface area contributed by atoms with Gasteiger partial charge in [0, 0.05) is 14.1 Å². The molecule has 0 heterocycles. The Morgan fingerprint density at radius 3 is 1.80 bits per heavy atom. The lowest BCUT2D eigenvalue weighted by Gasteiger charge is -2.25. The number of hydrogen-bond donors (Lipinski definition) is 1. The number of aliphatic hydroxyl groups is 1. The fourth-order valence-electron chi connectivity index (χ4n) is 2.24. The van der Waals surface area contributed by atoms with Gasteiger partial charge in [-0.3, -0.25) is 4.79 Å². The normalized spacial score (nSPS) is 13.6. The predicted octanol–water partition coefficient (Wildman–Crippen LogP) is 2.59. The first-order valence-corrected chi connectivity index (χ1v) is 6.60. The summed E-state index contributed by atoms with van der Waals surface area (Å²) in [5.74, 6) is -0.693. The van der Waals surface area contributed by atoms with E-state index in [0.717, 1.165) is 11.1 Å². The van der Waals surface area contributed by atoms with Crippen LogP contribution in [0.1, 0.15) is 23.1 Å². The molecule has 3 nitrogen and oxygen atoms in total. The van der Waals surface area contributed by atoms with Gasteiger partial charge in [-0.25, -0.2) is 0 Å². The van der Waals surface area contributed by atoms with Gasteiger partial charge in [0.1, 0.15) is 0 Å². The van der Waals surface area contributed by atoms with Crippen molar-refractivity contribution in [3.63, 3.8) is 0 Å². The van der Waals surface area contributed by atoms with Crippen LogP contribution in [0.15, 0.2) is 60.7 Å². The molecule has 0 aliphatic rings. The van der Waals surface area contributed by atoms with Crippen LogP contribution in [0, 0.1) is 0 Å². The van der Waals surface area contributed by atoms with Gasteiger partial charge in [0.15, 0.2) is 0 Å². The lowest BCUT2D eigenvalue weighted by atomic mass is 9.88. The van der Waals surface area contributed by atoms with Crippen molar-refractivity contribution in [3.05, 3.63) is 71.8 Å². The summed E-state index contributed by atoms with van der Waals surface area (Å²) in [7, 11) is 3.41. The van der Waals surface area contributed by atoms with Crippen LogP contribution < -0.4 is 0 Å². The van der Waals surface area contributed by atoms with Gasteiger partial charge in [-0.2, -0.15) is 0 Å². The van der Waals surface area contributed by atoms with Crippen molar-refractivity contribution in [2.24, 2.45) is 0 Å². The van der Waals surface area contributed by atoms with Gasteiger partial charge < -0.3 is 10.0 Å². The van der Waals surface area contributed by atoms with Crippen LogP contribution in [-0.4, -0.2) is 30.0 Å². The molecule has 1 amide bonds. The fraction of sp³-hybridized carbons (Fsp3) is 0.235. The molecule has 104 valence electrons. The quantitative estimate of drug-likeness (QED) is 0.926. The molecule has 1 N–H and O–H groups in total. The van der Waals surface area contributed by atoms with Crippen LogP contribution in [0.4, 0.5) is 0 Å². The summed E-state index contributed by atoms with van der Waals surface area (Å²) in [6, 6.07) is 18.7. The second-order valence-electron chi connectivity index (χ2n) is 4.98. The Bertz CT molecular complexity index is 552. The molecular weight excluding hydrogens is 250 g/mol. The SMILES string of the molecule is CN(C)C(=O)[C@@H](c1ccccc1)[C@@H](O)c1ccccc1. The number of aliphatic hydroxyl groups excluding tert-OH is 1. The topological polar surface area (TPSA) is 40.5 Å². The zero-order chi connectivity index (χ0) is 14.5. The molecule has 0 bridgehead atoms. The number of carbonyl (C=O) groups is 1. The van der Waals surface area contributed by atoms with E-state index in [4.69, 9.17) is 0 Å². The molecule has 0 radical (unpaired) electrons. The Balaban J connectivity index is 2.40. The van der Waals surface area contributed by atoms with Gasteiger partial charge in [-0.1, -0.05) is 60.7 Å². The van der Waals surface area contributed by atoms with Crippen LogP contribution in [0.25, 0.3) is 0 Å². The standard InChI is InChI=1S/C17H19NO2/c1-18(2)17(20)15(13-9-5-3-6-10-13)16(19)14-11-7-4-8-12-14/h3-12,15-16,19H,1-2H3/t15-,16-/m0/s1. The summed E-state index contributed by atoms with van der Waals surface area (Å²) < 4.78 is 0. The molecule has 0 saturated heterocycles. The minimum Gasteiger partial charge on any atom is -0.387 e. The van der Waals surface area contributed by atoms with Crippen molar-refractivity contribution in [1.29, 1.82) is 0 Å². The minimum absolute atomic E-state index is 0.104. The summed E-state index contributed by atoms with van der Waals surface area (Å²) in [5, 5.41) is 10.6. The maximum Gasteiger partial charge on any atom is 0.232 e. The number of carbonyl (C=O) groups excluding carboxylic acids is 1. The highest BCUT2D eigenvalue weighted by atomic mass is 16.3. The van der Waals surface area contributed by atoms with Crippen molar-refractivity contribution in [2.45, 2.75) is 12.0 Å². The highest BCUT2D eigenvalue weighted by Gasteiger charge is 2.30. The maximum atomic E-state index is 12.4. The first-order chi connectivity index (χ1) is 9.61. The van der Waals surface area contributed by atoms with E-state index in [2.05, 4.69) is 0 Å². The Labute approximate surface area is 119 Å². The molecule has 3 heteroatoms. The average Bonchev–Trinajstić information content (AvgIpc) is 2.49. The van der Waals surface area contributed by atoms with E-state index >= 15 is 0 Å². The lowest BCUT2D eigenvalue weighted by molar-refractivity contribution is -0.133. The van der Waals surface area contributed by atoms with Gasteiger partial charge in [0.05, 0.1) is 12.0 Å². The van der Waals surface area contributed by atoms with E-state index in [9.17, 15) is 9.90 Å². The van der Waals surface area contributed by atoms with E-state index < -0.39 is 12.0 Å². The van der Waals surface area contributed by atoms with Crippen LogP contribution in [-0.2, 0) is 4.79 Å². The van der Waals surface area contributed by atoms with E-state index in [0.29, 0.717) is 0 Å². The third kappa shape index (κ3) is 3.06. The number of amides is 1. The molecule has 0 aromatic heterocycles. The first-order valence-electron chi connectivity index (χ1n) is 6.60. The molecule has 0 saturated carbocycles. The number of hydrogen-bond acceptors (Lipinski definition) is 2. The van der Waals surface area contributed by atoms with Crippen molar-refractivity contribution < 1.29 is 9.90 Å². The third-order valence-corrected chi connectivity index (χ3v) is 3.32. The molecule has 2 aromatic rings. The summed E-state index contributed by atoms with van der Waals surface area (Å²) in [6.07, 6.45) is -0.853. The smallest absolute Gasteiger partial charge is 0.232 e. The average molecular weight is 269 g/mol. The van der Waals surface area contributed by atoms with Crippen molar-refractivity contribution in [1.82, 2.24) is 4.90 Å². The molecule has 0 unspecified atom stereocenters. The van der Waals surface area contributed by atoms with Crippen LogP contribution in [0.5, 0.6) is 0 Å². The summed E-state index contributed by atoms with van der Waals surface area (Å²) in [6.45, 7) is 0. The Morgan fingerprint density at radius 1 is 0.900 bits per heavy atom. The number of rotatable bonds is 4. The molecule has 2 atom stereocenters. The molecule has 2 aromatic carbocycles. The van der Waals surface area contributed by atoms with E-state index in [-0.39, 0.29) is 5.91 Å².